The first-order valence-electron chi connectivity index (χ1n) is 6.46. The van der Waals surface area contributed by atoms with Gasteiger partial charge in [-0.2, -0.15) is 0 Å². The number of non-ortho nitro benzene ring substituents is 1. The van der Waals surface area contributed by atoms with Crippen molar-refractivity contribution in [1.82, 2.24) is 9.88 Å². The number of hydrogen-bond acceptors (Lipinski definition) is 4. The SMILES string of the molecule is Cl.Cn1cccc1CNCCNc1ccc([N+](=O)[O-])cc1. The van der Waals surface area contributed by atoms with Crippen LogP contribution in [0.25, 0.3) is 0 Å². The molecule has 0 bridgehead atoms. The summed E-state index contributed by atoms with van der Waals surface area (Å²) in [5.41, 5.74) is 2.23. The van der Waals surface area contributed by atoms with Crippen molar-refractivity contribution in [2.75, 3.05) is 18.4 Å². The van der Waals surface area contributed by atoms with Crippen LogP contribution in [-0.4, -0.2) is 22.6 Å². The molecule has 1 aromatic heterocycles. The van der Waals surface area contributed by atoms with E-state index in [1.54, 1.807) is 12.1 Å². The zero-order valence-corrected chi connectivity index (χ0v) is 12.6. The van der Waals surface area contributed by atoms with Gasteiger partial charge >= 0.3 is 0 Å². The molecule has 1 aromatic carbocycles. The Kier molecular flexibility index (Phi) is 6.71. The molecule has 21 heavy (non-hydrogen) atoms. The van der Waals surface area contributed by atoms with Gasteiger partial charge in [0.1, 0.15) is 0 Å². The molecule has 0 unspecified atom stereocenters. The molecule has 0 spiro atoms. The van der Waals surface area contributed by atoms with Crippen LogP contribution in [0, 0.1) is 10.1 Å². The summed E-state index contributed by atoms with van der Waals surface area (Å²) in [6.45, 7) is 2.41. The Morgan fingerprint density at radius 2 is 1.90 bits per heavy atom. The molecule has 2 aromatic rings. The van der Waals surface area contributed by atoms with Crippen molar-refractivity contribution in [2.45, 2.75) is 6.54 Å². The van der Waals surface area contributed by atoms with Gasteiger partial charge in [-0.25, -0.2) is 0 Å². The van der Waals surface area contributed by atoms with Crippen LogP contribution in [0.3, 0.4) is 0 Å². The van der Waals surface area contributed by atoms with Crippen LogP contribution < -0.4 is 10.6 Å². The van der Waals surface area contributed by atoms with Gasteiger partial charge in [-0.05, 0) is 24.3 Å². The molecule has 0 atom stereocenters. The van der Waals surface area contributed by atoms with Crippen LogP contribution in [0.15, 0.2) is 42.6 Å². The molecule has 114 valence electrons. The lowest BCUT2D eigenvalue weighted by Crippen LogP contribution is -2.22. The number of anilines is 1. The van der Waals surface area contributed by atoms with E-state index in [-0.39, 0.29) is 18.1 Å². The first-order valence-corrected chi connectivity index (χ1v) is 6.46. The fourth-order valence-corrected chi connectivity index (χ4v) is 1.89. The molecule has 0 saturated heterocycles. The standard InChI is InChI=1S/C14H18N4O2.ClH/c1-17-10-2-3-14(17)11-15-8-9-16-12-4-6-13(7-5-12)18(19)20;/h2-7,10,15-16H,8-9,11H2,1H3;1H. The Labute approximate surface area is 129 Å². The average molecular weight is 311 g/mol. The second kappa shape index (κ2) is 8.28. The normalized spacial score (nSPS) is 9.95. The maximum absolute atomic E-state index is 10.5. The van der Waals surface area contributed by atoms with E-state index >= 15 is 0 Å². The lowest BCUT2D eigenvalue weighted by Gasteiger charge is -2.08. The molecular formula is C14H19ClN4O2. The number of benzene rings is 1. The van der Waals surface area contributed by atoms with E-state index in [9.17, 15) is 10.1 Å². The molecule has 0 saturated carbocycles. The maximum atomic E-state index is 10.5. The van der Waals surface area contributed by atoms with Gasteiger partial charge in [0.25, 0.3) is 5.69 Å². The number of aryl methyl sites for hydroxylation is 1. The smallest absolute Gasteiger partial charge is 0.269 e. The van der Waals surface area contributed by atoms with Crippen molar-refractivity contribution >= 4 is 23.8 Å². The molecule has 0 fully saturated rings. The van der Waals surface area contributed by atoms with Crippen molar-refractivity contribution in [3.05, 3.63) is 58.4 Å². The first kappa shape index (κ1) is 17.0. The molecular weight excluding hydrogens is 292 g/mol. The number of aromatic nitrogens is 1. The molecule has 2 rings (SSSR count). The predicted octanol–water partition coefficient (Wildman–Crippen LogP) is 2.56. The molecule has 0 amide bonds. The summed E-state index contributed by atoms with van der Waals surface area (Å²) in [6.07, 6.45) is 2.02. The van der Waals surface area contributed by atoms with Gasteiger partial charge in [0.05, 0.1) is 4.92 Å². The lowest BCUT2D eigenvalue weighted by atomic mass is 10.3. The van der Waals surface area contributed by atoms with Gasteiger partial charge in [-0.3, -0.25) is 10.1 Å². The third-order valence-corrected chi connectivity index (χ3v) is 3.07. The van der Waals surface area contributed by atoms with Gasteiger partial charge in [0.15, 0.2) is 0 Å². The second-order valence-electron chi connectivity index (χ2n) is 4.52. The van der Waals surface area contributed by atoms with Crippen molar-refractivity contribution in [3.63, 3.8) is 0 Å². The summed E-state index contributed by atoms with van der Waals surface area (Å²) >= 11 is 0. The topological polar surface area (TPSA) is 72.1 Å². The highest BCUT2D eigenvalue weighted by atomic mass is 35.5. The monoisotopic (exact) mass is 310 g/mol. The van der Waals surface area contributed by atoms with Crippen molar-refractivity contribution < 1.29 is 4.92 Å². The zero-order valence-electron chi connectivity index (χ0n) is 11.8. The summed E-state index contributed by atoms with van der Waals surface area (Å²) < 4.78 is 2.08. The Morgan fingerprint density at radius 3 is 2.48 bits per heavy atom. The summed E-state index contributed by atoms with van der Waals surface area (Å²) in [6, 6.07) is 10.5. The van der Waals surface area contributed by atoms with E-state index in [1.165, 1.54) is 17.8 Å². The minimum atomic E-state index is -0.398. The highest BCUT2D eigenvalue weighted by Gasteiger charge is 2.03. The summed E-state index contributed by atoms with van der Waals surface area (Å²) in [5, 5.41) is 17.1. The van der Waals surface area contributed by atoms with E-state index in [0.717, 1.165) is 25.3 Å². The van der Waals surface area contributed by atoms with Crippen molar-refractivity contribution in [1.29, 1.82) is 0 Å². The molecule has 0 aliphatic heterocycles. The van der Waals surface area contributed by atoms with Crippen molar-refractivity contribution in [3.8, 4) is 0 Å². The summed E-state index contributed by atoms with van der Waals surface area (Å²) in [5.74, 6) is 0. The molecule has 1 heterocycles. The van der Waals surface area contributed by atoms with Crippen LogP contribution >= 0.6 is 12.4 Å². The second-order valence-corrected chi connectivity index (χ2v) is 4.52. The van der Waals surface area contributed by atoms with E-state index in [4.69, 9.17) is 0 Å². The minimum absolute atomic E-state index is 0. The first-order chi connectivity index (χ1) is 9.66. The van der Waals surface area contributed by atoms with Gasteiger partial charge < -0.3 is 15.2 Å². The molecule has 7 heteroatoms. The largest absolute Gasteiger partial charge is 0.384 e. The number of halogens is 1. The Balaban J connectivity index is 0.00000220. The van der Waals surface area contributed by atoms with Crippen LogP contribution in [0.5, 0.6) is 0 Å². The number of hydrogen-bond donors (Lipinski definition) is 2. The number of nitro benzene ring substituents is 1. The number of rotatable bonds is 7. The Hall–Kier alpha value is -2.05. The van der Waals surface area contributed by atoms with E-state index < -0.39 is 4.92 Å². The maximum Gasteiger partial charge on any atom is 0.269 e. The van der Waals surface area contributed by atoms with Crippen LogP contribution in [-0.2, 0) is 13.6 Å². The minimum Gasteiger partial charge on any atom is -0.384 e. The van der Waals surface area contributed by atoms with Crippen molar-refractivity contribution in [2.24, 2.45) is 7.05 Å². The van der Waals surface area contributed by atoms with E-state index in [2.05, 4.69) is 21.3 Å². The molecule has 0 radical (unpaired) electrons. The fraction of sp³-hybridized carbons (Fsp3) is 0.286. The highest BCUT2D eigenvalue weighted by Crippen LogP contribution is 2.14. The Morgan fingerprint density at radius 1 is 1.19 bits per heavy atom. The highest BCUT2D eigenvalue weighted by molar-refractivity contribution is 5.85. The molecule has 0 aliphatic carbocycles. The van der Waals surface area contributed by atoms with Gasteiger partial charge in [0.2, 0.25) is 0 Å². The number of nitro groups is 1. The zero-order chi connectivity index (χ0) is 14.4. The number of nitrogens with one attached hydrogen (secondary N) is 2. The molecule has 2 N–H and O–H groups in total. The average Bonchev–Trinajstić information content (AvgIpc) is 2.84. The quantitative estimate of drug-likeness (QED) is 0.468. The molecule has 0 aliphatic rings. The van der Waals surface area contributed by atoms with E-state index in [1.807, 2.05) is 19.3 Å². The van der Waals surface area contributed by atoms with E-state index in [0.29, 0.717) is 0 Å². The van der Waals surface area contributed by atoms with Crippen LogP contribution in [0.4, 0.5) is 11.4 Å². The third kappa shape index (κ3) is 5.09. The third-order valence-electron chi connectivity index (χ3n) is 3.07. The number of nitrogens with zero attached hydrogens (tertiary/aromatic N) is 2. The lowest BCUT2D eigenvalue weighted by molar-refractivity contribution is -0.384. The predicted molar refractivity (Wildman–Crippen MR) is 86.0 cm³/mol. The van der Waals surface area contributed by atoms with Crippen LogP contribution in [0.2, 0.25) is 0 Å². The van der Waals surface area contributed by atoms with Gasteiger partial charge in [0, 0.05) is 56.4 Å². The summed E-state index contributed by atoms with van der Waals surface area (Å²) in [4.78, 5) is 10.1. The van der Waals surface area contributed by atoms with Crippen LogP contribution in [0.1, 0.15) is 5.69 Å². The molecule has 6 nitrogen and oxygen atoms in total. The van der Waals surface area contributed by atoms with Gasteiger partial charge in [-0.1, -0.05) is 0 Å². The van der Waals surface area contributed by atoms with Gasteiger partial charge in [-0.15, -0.1) is 12.4 Å². The fourth-order valence-electron chi connectivity index (χ4n) is 1.89. The summed E-state index contributed by atoms with van der Waals surface area (Å²) in [7, 11) is 2.02. The Bertz CT molecular complexity index is 569.